The molecule has 1 aromatic carbocycles. The molecule has 4 aromatic rings. The summed E-state index contributed by atoms with van der Waals surface area (Å²) in [5.74, 6) is -0.335. The van der Waals surface area contributed by atoms with Crippen LogP contribution in [0.2, 0.25) is 0 Å². The van der Waals surface area contributed by atoms with E-state index in [0.717, 1.165) is 17.8 Å². The minimum absolute atomic E-state index is 0.102. The summed E-state index contributed by atoms with van der Waals surface area (Å²) in [5.41, 5.74) is 1.02. The second-order valence-corrected chi connectivity index (χ2v) is 8.58. The van der Waals surface area contributed by atoms with Crippen LogP contribution in [0.25, 0.3) is 16.7 Å². The van der Waals surface area contributed by atoms with Gasteiger partial charge in [-0.2, -0.15) is 13.2 Å². The maximum atomic E-state index is 13.5. The van der Waals surface area contributed by atoms with E-state index in [2.05, 4.69) is 4.98 Å². The summed E-state index contributed by atoms with van der Waals surface area (Å²) in [6.45, 7) is 5.73. The van der Waals surface area contributed by atoms with E-state index in [4.69, 9.17) is 4.42 Å². The quantitative estimate of drug-likeness (QED) is 0.435. The number of fused-ring (bicyclic) bond motifs is 2. The molecular formula is C24H21F3N4O3. The van der Waals surface area contributed by atoms with Crippen LogP contribution in [0.3, 0.4) is 0 Å². The molecule has 0 unspecified atom stereocenters. The third-order valence-electron chi connectivity index (χ3n) is 6.32. The summed E-state index contributed by atoms with van der Waals surface area (Å²) in [5, 5.41) is 0.509. The van der Waals surface area contributed by atoms with Gasteiger partial charge in [-0.1, -0.05) is 6.07 Å². The molecule has 0 aliphatic carbocycles. The lowest BCUT2D eigenvalue weighted by Gasteiger charge is -2.39. The fraction of sp³-hybridized carbons (Fsp3) is 0.292. The van der Waals surface area contributed by atoms with Crippen LogP contribution in [0.1, 0.15) is 47.2 Å². The zero-order valence-electron chi connectivity index (χ0n) is 18.6. The molecule has 0 radical (unpaired) electrons. The summed E-state index contributed by atoms with van der Waals surface area (Å²) in [4.78, 5) is 32.4. The standard InChI is InChI=1S/C24H21F3N4O3/c1-13-9-29(12-28-13)19-6-7-20-23(33)31(14(2)10-30(20)22(19)32)15(3)18-11-34-21-8-16(24(25,26)27)4-5-17(18)21/h4-9,11-12,14-15H,10H2,1-3H3/t14-,15+/m1/s1. The van der Waals surface area contributed by atoms with E-state index in [9.17, 15) is 22.8 Å². The molecule has 1 aliphatic heterocycles. The number of hydrogen-bond donors (Lipinski definition) is 0. The third kappa shape index (κ3) is 3.41. The van der Waals surface area contributed by atoms with E-state index in [1.807, 2.05) is 13.8 Å². The van der Waals surface area contributed by atoms with Gasteiger partial charge in [0.1, 0.15) is 17.0 Å². The highest BCUT2D eigenvalue weighted by molar-refractivity contribution is 5.94. The molecule has 34 heavy (non-hydrogen) atoms. The monoisotopic (exact) mass is 470 g/mol. The van der Waals surface area contributed by atoms with E-state index in [1.54, 1.807) is 41.0 Å². The second kappa shape index (κ2) is 7.61. The van der Waals surface area contributed by atoms with Crippen LogP contribution in [0, 0.1) is 6.92 Å². The van der Waals surface area contributed by atoms with Gasteiger partial charge in [-0.25, -0.2) is 4.98 Å². The van der Waals surface area contributed by atoms with Crippen LogP contribution in [-0.4, -0.2) is 31.0 Å². The van der Waals surface area contributed by atoms with Gasteiger partial charge < -0.3 is 18.5 Å². The maximum absolute atomic E-state index is 13.5. The predicted molar refractivity (Wildman–Crippen MR) is 118 cm³/mol. The first-order chi connectivity index (χ1) is 16.1. The molecule has 1 aliphatic rings. The number of rotatable bonds is 3. The molecule has 0 saturated heterocycles. The van der Waals surface area contributed by atoms with Crippen LogP contribution >= 0.6 is 0 Å². The molecule has 0 fully saturated rings. The summed E-state index contributed by atoms with van der Waals surface area (Å²) in [7, 11) is 0. The molecule has 7 nitrogen and oxygen atoms in total. The fourth-order valence-electron chi connectivity index (χ4n) is 4.62. The molecule has 0 N–H and O–H groups in total. The largest absolute Gasteiger partial charge is 0.464 e. The third-order valence-corrected chi connectivity index (χ3v) is 6.32. The molecule has 10 heteroatoms. The van der Waals surface area contributed by atoms with Gasteiger partial charge in [0.15, 0.2) is 0 Å². The Morgan fingerprint density at radius 1 is 1.18 bits per heavy atom. The number of halogens is 3. The van der Waals surface area contributed by atoms with Crippen molar-refractivity contribution < 1.29 is 22.4 Å². The minimum atomic E-state index is -4.48. The zero-order chi connectivity index (χ0) is 24.4. The summed E-state index contributed by atoms with van der Waals surface area (Å²) >= 11 is 0. The average Bonchev–Trinajstić information content (AvgIpc) is 3.39. The number of pyridine rings is 1. The van der Waals surface area contributed by atoms with Crippen LogP contribution in [-0.2, 0) is 12.7 Å². The number of amides is 1. The normalized spacial score (nSPS) is 17.3. The fourth-order valence-corrected chi connectivity index (χ4v) is 4.62. The van der Waals surface area contributed by atoms with Crippen molar-refractivity contribution in [2.24, 2.45) is 0 Å². The van der Waals surface area contributed by atoms with Crippen LogP contribution in [0.15, 0.2) is 58.3 Å². The number of aromatic nitrogens is 3. The van der Waals surface area contributed by atoms with Crippen molar-refractivity contribution in [3.63, 3.8) is 0 Å². The Morgan fingerprint density at radius 2 is 1.94 bits per heavy atom. The van der Waals surface area contributed by atoms with Crippen LogP contribution in [0.5, 0.6) is 0 Å². The van der Waals surface area contributed by atoms with Gasteiger partial charge in [-0.05, 0) is 45.0 Å². The van der Waals surface area contributed by atoms with Gasteiger partial charge in [0.05, 0.1) is 29.9 Å². The van der Waals surface area contributed by atoms with Gasteiger partial charge in [0, 0.05) is 29.7 Å². The number of carbonyl (C=O) groups is 1. The van der Waals surface area contributed by atoms with Crippen molar-refractivity contribution in [3.8, 4) is 5.69 Å². The molecule has 2 atom stereocenters. The Balaban J connectivity index is 1.51. The topological polar surface area (TPSA) is 73.3 Å². The molecule has 1 amide bonds. The number of hydrogen-bond acceptors (Lipinski definition) is 4. The molecule has 0 saturated carbocycles. The van der Waals surface area contributed by atoms with Gasteiger partial charge >= 0.3 is 6.18 Å². The van der Waals surface area contributed by atoms with Crippen LogP contribution in [0.4, 0.5) is 13.2 Å². The van der Waals surface area contributed by atoms with Gasteiger partial charge in [-0.15, -0.1) is 0 Å². The highest BCUT2D eigenvalue weighted by Gasteiger charge is 2.36. The van der Waals surface area contributed by atoms with Gasteiger partial charge in [0.25, 0.3) is 11.5 Å². The van der Waals surface area contributed by atoms with E-state index in [-0.39, 0.29) is 35.3 Å². The molecular weight excluding hydrogens is 449 g/mol. The van der Waals surface area contributed by atoms with E-state index in [0.29, 0.717) is 16.6 Å². The molecule has 0 bridgehead atoms. The Morgan fingerprint density at radius 3 is 2.62 bits per heavy atom. The first-order valence-corrected chi connectivity index (χ1v) is 10.7. The average molecular weight is 470 g/mol. The van der Waals surface area contributed by atoms with E-state index < -0.39 is 17.8 Å². The lowest BCUT2D eigenvalue weighted by Crippen LogP contribution is -2.50. The number of furan rings is 1. The van der Waals surface area contributed by atoms with E-state index in [1.165, 1.54) is 16.9 Å². The van der Waals surface area contributed by atoms with Crippen molar-refractivity contribution >= 4 is 16.9 Å². The van der Waals surface area contributed by atoms with Crippen LogP contribution < -0.4 is 5.56 Å². The second-order valence-electron chi connectivity index (χ2n) is 8.58. The lowest BCUT2D eigenvalue weighted by molar-refractivity contribution is -0.137. The highest BCUT2D eigenvalue weighted by atomic mass is 19.4. The Kier molecular flexibility index (Phi) is 4.92. The Hall–Kier alpha value is -3.82. The molecule has 176 valence electrons. The molecule has 3 aromatic heterocycles. The number of benzene rings is 1. The van der Waals surface area contributed by atoms with Gasteiger partial charge in [-0.3, -0.25) is 9.59 Å². The predicted octanol–water partition coefficient (Wildman–Crippen LogP) is 4.71. The molecule has 0 spiro atoms. The molecule has 5 rings (SSSR count). The smallest absolute Gasteiger partial charge is 0.416 e. The summed E-state index contributed by atoms with van der Waals surface area (Å²) < 4.78 is 47.7. The summed E-state index contributed by atoms with van der Waals surface area (Å²) in [6.07, 6.45) is 0.201. The molecule has 4 heterocycles. The number of alkyl halides is 3. The number of imidazole rings is 1. The van der Waals surface area contributed by atoms with Crippen molar-refractivity contribution in [2.45, 2.75) is 45.6 Å². The number of nitrogens with zero attached hydrogens (tertiary/aromatic N) is 4. The minimum Gasteiger partial charge on any atom is -0.464 e. The van der Waals surface area contributed by atoms with E-state index >= 15 is 0 Å². The lowest BCUT2D eigenvalue weighted by atomic mass is 10.0. The zero-order valence-corrected chi connectivity index (χ0v) is 18.6. The van der Waals surface area contributed by atoms with Crippen molar-refractivity contribution in [2.75, 3.05) is 0 Å². The highest BCUT2D eigenvalue weighted by Crippen LogP contribution is 2.37. The SMILES string of the molecule is Cc1cn(-c2ccc3n(c2=O)C[C@@H](C)N([C@@H](C)c2coc4cc(C(F)(F)F)ccc24)C3=O)cn1. The van der Waals surface area contributed by atoms with Gasteiger partial charge in [0.2, 0.25) is 0 Å². The summed E-state index contributed by atoms with van der Waals surface area (Å²) in [6, 6.07) is 5.71. The maximum Gasteiger partial charge on any atom is 0.416 e. The number of aryl methyl sites for hydroxylation is 1. The van der Waals surface area contributed by atoms with Crippen molar-refractivity contribution in [3.05, 3.63) is 82.0 Å². The van der Waals surface area contributed by atoms with Crippen molar-refractivity contribution in [1.29, 1.82) is 0 Å². The Bertz CT molecular complexity index is 1480. The first kappa shape index (κ1) is 22.0. The Labute approximate surface area is 192 Å². The number of carbonyl (C=O) groups excluding carboxylic acids is 1. The van der Waals surface area contributed by atoms with Crippen molar-refractivity contribution in [1.82, 2.24) is 19.0 Å². The first-order valence-electron chi connectivity index (χ1n) is 10.7.